The molecule has 0 fully saturated rings. The van der Waals surface area contributed by atoms with Crippen LogP contribution in [-0.4, -0.2) is 26.1 Å². The Bertz CT molecular complexity index is 684. The molecule has 0 amide bonds. The van der Waals surface area contributed by atoms with Crippen LogP contribution in [-0.2, 0) is 0 Å². The molecular weight excluding hydrogens is 268 g/mol. The molecule has 0 unspecified atom stereocenters. The maximum Gasteiger partial charge on any atom is 0.377 e. The van der Waals surface area contributed by atoms with Gasteiger partial charge in [0.15, 0.2) is 0 Å². The number of halogens is 2. The molecule has 1 N–H and O–H groups in total. The van der Waals surface area contributed by atoms with Gasteiger partial charge in [0.25, 0.3) is 11.7 Å². The number of carboxylic acids is 1. The number of carbonyl (C=O) groups is 1. The summed E-state index contributed by atoms with van der Waals surface area (Å²) in [5.41, 5.74) is -1.81. The molecule has 0 aliphatic heterocycles. The number of hydrogen-bond acceptors (Lipinski definition) is 6. The smallest absolute Gasteiger partial charge is 0.377 e. The number of hydrogen-bond donors (Lipinski definition) is 1. The molecule has 0 bridgehead atoms. The van der Waals surface area contributed by atoms with Crippen LogP contribution in [0, 0.1) is 21.7 Å². The van der Waals surface area contributed by atoms with Crippen LogP contribution < -0.4 is 0 Å². The lowest BCUT2D eigenvalue weighted by atomic mass is 10.1. The number of nitro groups is 1. The number of aromatic nitrogens is 2. The zero-order valence-corrected chi connectivity index (χ0v) is 8.83. The molecule has 0 radical (unpaired) electrons. The van der Waals surface area contributed by atoms with Crippen LogP contribution in [0.1, 0.15) is 10.6 Å². The summed E-state index contributed by atoms with van der Waals surface area (Å²) in [6.07, 6.45) is 0. The molecule has 1 aromatic carbocycles. The third-order valence-electron chi connectivity index (χ3n) is 2.06. The fraction of sp³-hybridized carbons (Fsp3) is 0. The SMILES string of the molecule is O=C(O)c1noc(-c2cc(F)cc([N+](=O)[O-])c2F)n1. The van der Waals surface area contributed by atoms with Crippen molar-refractivity contribution < 1.29 is 28.1 Å². The maximum atomic E-state index is 13.7. The molecule has 2 rings (SSSR count). The second-order valence-electron chi connectivity index (χ2n) is 3.27. The largest absolute Gasteiger partial charge is 0.475 e. The highest BCUT2D eigenvalue weighted by Crippen LogP contribution is 2.29. The Balaban J connectivity index is 2.61. The van der Waals surface area contributed by atoms with Crippen molar-refractivity contribution in [3.05, 3.63) is 39.7 Å². The van der Waals surface area contributed by atoms with Crippen molar-refractivity contribution in [2.24, 2.45) is 0 Å². The van der Waals surface area contributed by atoms with Crippen LogP contribution in [0.4, 0.5) is 14.5 Å². The van der Waals surface area contributed by atoms with E-state index in [1.807, 2.05) is 0 Å². The third kappa shape index (κ3) is 2.22. The average molecular weight is 271 g/mol. The lowest BCUT2D eigenvalue weighted by molar-refractivity contribution is -0.387. The summed E-state index contributed by atoms with van der Waals surface area (Å²) >= 11 is 0. The van der Waals surface area contributed by atoms with E-state index in [-0.39, 0.29) is 0 Å². The van der Waals surface area contributed by atoms with Crippen molar-refractivity contribution in [1.82, 2.24) is 10.1 Å². The van der Waals surface area contributed by atoms with Gasteiger partial charge in [-0.3, -0.25) is 10.1 Å². The molecule has 1 heterocycles. The molecule has 19 heavy (non-hydrogen) atoms. The van der Waals surface area contributed by atoms with Gasteiger partial charge in [0.05, 0.1) is 16.6 Å². The second kappa shape index (κ2) is 4.40. The summed E-state index contributed by atoms with van der Waals surface area (Å²) in [5.74, 6) is -5.48. The summed E-state index contributed by atoms with van der Waals surface area (Å²) in [5, 5.41) is 22.1. The number of nitro benzene ring substituents is 1. The average Bonchev–Trinajstić information content (AvgIpc) is 2.80. The molecule has 0 saturated heterocycles. The molecule has 98 valence electrons. The minimum Gasteiger partial charge on any atom is -0.475 e. The van der Waals surface area contributed by atoms with Crippen LogP contribution in [0.5, 0.6) is 0 Å². The van der Waals surface area contributed by atoms with Crippen LogP contribution in [0.3, 0.4) is 0 Å². The van der Waals surface area contributed by atoms with Crippen molar-refractivity contribution >= 4 is 11.7 Å². The number of nitrogens with zero attached hydrogens (tertiary/aromatic N) is 3. The summed E-state index contributed by atoms with van der Waals surface area (Å²) in [6, 6.07) is 0.967. The number of rotatable bonds is 3. The van der Waals surface area contributed by atoms with E-state index in [4.69, 9.17) is 5.11 Å². The Labute approximate surface area is 102 Å². The molecule has 0 aliphatic rings. The van der Waals surface area contributed by atoms with Gasteiger partial charge in [-0.1, -0.05) is 0 Å². The van der Waals surface area contributed by atoms with Crippen molar-refractivity contribution in [3.63, 3.8) is 0 Å². The topological polar surface area (TPSA) is 119 Å². The quantitative estimate of drug-likeness (QED) is 0.665. The van der Waals surface area contributed by atoms with Crippen LogP contribution in [0.15, 0.2) is 16.7 Å². The van der Waals surface area contributed by atoms with Crippen LogP contribution in [0.25, 0.3) is 11.5 Å². The summed E-state index contributed by atoms with van der Waals surface area (Å²) in [7, 11) is 0. The van der Waals surface area contributed by atoms with E-state index in [9.17, 15) is 23.7 Å². The predicted octanol–water partition coefficient (Wildman–Crippen LogP) is 1.62. The molecule has 1 aromatic heterocycles. The molecule has 10 heteroatoms. The van der Waals surface area contributed by atoms with E-state index in [1.54, 1.807) is 0 Å². The Morgan fingerprint density at radius 2 is 2.11 bits per heavy atom. The van der Waals surface area contributed by atoms with Gasteiger partial charge in [-0.2, -0.15) is 9.37 Å². The van der Waals surface area contributed by atoms with Crippen LogP contribution >= 0.6 is 0 Å². The lowest BCUT2D eigenvalue weighted by Crippen LogP contribution is -1.99. The standard InChI is InChI=1S/C9H3F2N3O5/c10-3-1-4(6(11)5(2-3)14(17)18)8-12-7(9(15)16)13-19-8/h1-2H,(H,15,16). The van der Waals surface area contributed by atoms with E-state index in [0.29, 0.717) is 12.1 Å². The highest BCUT2D eigenvalue weighted by atomic mass is 19.1. The highest BCUT2D eigenvalue weighted by molar-refractivity contribution is 5.83. The summed E-state index contributed by atoms with van der Waals surface area (Å²) < 4.78 is 31.3. The Kier molecular flexibility index (Phi) is 2.91. The highest BCUT2D eigenvalue weighted by Gasteiger charge is 2.25. The van der Waals surface area contributed by atoms with E-state index in [1.165, 1.54) is 0 Å². The number of benzene rings is 1. The Hall–Kier alpha value is -2.91. The number of aromatic carboxylic acids is 1. The van der Waals surface area contributed by atoms with E-state index >= 15 is 0 Å². The normalized spacial score (nSPS) is 10.4. The number of carboxylic acid groups (broad SMARTS) is 1. The van der Waals surface area contributed by atoms with Crippen molar-refractivity contribution in [2.75, 3.05) is 0 Å². The Morgan fingerprint density at radius 1 is 1.42 bits per heavy atom. The monoisotopic (exact) mass is 271 g/mol. The zero-order valence-electron chi connectivity index (χ0n) is 8.83. The first-order valence-electron chi connectivity index (χ1n) is 4.61. The first-order chi connectivity index (χ1) is 8.90. The fourth-order valence-electron chi connectivity index (χ4n) is 1.28. The van der Waals surface area contributed by atoms with Gasteiger partial charge in [0, 0.05) is 0 Å². The minimum atomic E-state index is -1.54. The third-order valence-corrected chi connectivity index (χ3v) is 2.06. The van der Waals surface area contributed by atoms with Gasteiger partial charge < -0.3 is 9.63 Å². The van der Waals surface area contributed by atoms with Crippen molar-refractivity contribution in [3.8, 4) is 11.5 Å². The van der Waals surface area contributed by atoms with Gasteiger partial charge >= 0.3 is 11.7 Å². The van der Waals surface area contributed by atoms with Crippen molar-refractivity contribution in [2.45, 2.75) is 0 Å². The molecular formula is C9H3F2N3O5. The summed E-state index contributed by atoms with van der Waals surface area (Å²) in [6.45, 7) is 0. The van der Waals surface area contributed by atoms with Gasteiger partial charge in [-0.15, -0.1) is 0 Å². The Morgan fingerprint density at radius 3 is 2.63 bits per heavy atom. The van der Waals surface area contributed by atoms with E-state index in [0.717, 1.165) is 0 Å². The molecule has 0 saturated carbocycles. The van der Waals surface area contributed by atoms with Gasteiger partial charge in [0.2, 0.25) is 5.82 Å². The second-order valence-corrected chi connectivity index (χ2v) is 3.27. The van der Waals surface area contributed by atoms with Crippen molar-refractivity contribution in [1.29, 1.82) is 0 Å². The predicted molar refractivity (Wildman–Crippen MR) is 53.3 cm³/mol. The minimum absolute atomic E-state index is 0.382. The first-order valence-corrected chi connectivity index (χ1v) is 4.61. The van der Waals surface area contributed by atoms with Gasteiger partial charge in [-0.25, -0.2) is 9.18 Å². The fourth-order valence-corrected chi connectivity index (χ4v) is 1.28. The molecule has 8 nitrogen and oxygen atoms in total. The van der Waals surface area contributed by atoms with Gasteiger partial charge in [-0.05, 0) is 11.2 Å². The van der Waals surface area contributed by atoms with Crippen LogP contribution in [0.2, 0.25) is 0 Å². The van der Waals surface area contributed by atoms with Gasteiger partial charge in [0.1, 0.15) is 5.82 Å². The van der Waals surface area contributed by atoms with E-state index in [2.05, 4.69) is 14.7 Å². The molecule has 2 aromatic rings. The molecule has 0 spiro atoms. The first kappa shape index (κ1) is 12.5. The van der Waals surface area contributed by atoms with E-state index < -0.39 is 45.5 Å². The molecule has 0 atom stereocenters. The maximum absolute atomic E-state index is 13.7. The lowest BCUT2D eigenvalue weighted by Gasteiger charge is -1.99. The molecule has 0 aliphatic carbocycles. The zero-order chi connectivity index (χ0) is 14.2. The summed E-state index contributed by atoms with van der Waals surface area (Å²) in [4.78, 5) is 23.2.